The molecule has 2 amide bonds. The van der Waals surface area contributed by atoms with E-state index in [0.29, 0.717) is 50.6 Å². The summed E-state index contributed by atoms with van der Waals surface area (Å²) in [4.78, 5) is 34.5. The largest absolute Gasteiger partial charge is 0.491 e. The minimum atomic E-state index is -0.117. The standard InChI is InChI=1S/C31H36N4O3/c1-34-14-9-23(10-15-34)21-30(36)35-16-13-33-31(37)27-4-2-3-24(19-27)20-28-22-26(25-7-11-32-12-8-25)5-6-29(28)38-18-17-35/h2-8,11-12,19,22-23H,9-10,13-18,20-21H2,1H3,(H,33,37). The number of nitrogens with zero attached hydrogens (tertiary/aromatic N) is 3. The molecule has 3 heterocycles. The summed E-state index contributed by atoms with van der Waals surface area (Å²) in [6.45, 7) is 3.83. The summed E-state index contributed by atoms with van der Waals surface area (Å²) in [7, 11) is 2.13. The number of rotatable bonds is 3. The first kappa shape index (κ1) is 25.9. The lowest BCUT2D eigenvalue weighted by Gasteiger charge is -2.30. The van der Waals surface area contributed by atoms with Crippen molar-refractivity contribution >= 4 is 11.8 Å². The number of aromatic nitrogens is 1. The number of fused-ring (bicyclic) bond motifs is 3. The number of likely N-dealkylation sites (tertiary alicyclic amines) is 1. The monoisotopic (exact) mass is 512 g/mol. The third-order valence-electron chi connectivity index (χ3n) is 7.60. The number of benzene rings is 2. The highest BCUT2D eigenvalue weighted by Gasteiger charge is 2.23. The first-order valence-corrected chi connectivity index (χ1v) is 13.5. The third-order valence-corrected chi connectivity index (χ3v) is 7.60. The summed E-state index contributed by atoms with van der Waals surface area (Å²) >= 11 is 0. The number of nitrogens with one attached hydrogen (secondary N) is 1. The van der Waals surface area contributed by atoms with Gasteiger partial charge >= 0.3 is 0 Å². The zero-order valence-electron chi connectivity index (χ0n) is 22.1. The molecule has 1 saturated heterocycles. The van der Waals surface area contributed by atoms with Gasteiger partial charge in [-0.3, -0.25) is 14.6 Å². The van der Waals surface area contributed by atoms with Crippen molar-refractivity contribution < 1.29 is 14.3 Å². The number of pyridine rings is 1. The molecule has 1 aromatic heterocycles. The maximum Gasteiger partial charge on any atom is 0.251 e. The third kappa shape index (κ3) is 6.58. The Bertz CT molecular complexity index is 1250. The van der Waals surface area contributed by atoms with Crippen LogP contribution in [0, 0.1) is 5.92 Å². The molecule has 0 spiro atoms. The van der Waals surface area contributed by atoms with Gasteiger partial charge in [-0.05, 0) is 97.5 Å². The van der Waals surface area contributed by atoms with Gasteiger partial charge in [0, 0.05) is 43.9 Å². The van der Waals surface area contributed by atoms with Crippen molar-refractivity contribution in [1.29, 1.82) is 0 Å². The van der Waals surface area contributed by atoms with Crippen LogP contribution in [-0.4, -0.2) is 73.0 Å². The topological polar surface area (TPSA) is 74.8 Å². The molecule has 0 radical (unpaired) electrons. The minimum absolute atomic E-state index is 0.117. The fourth-order valence-corrected chi connectivity index (χ4v) is 5.30. The van der Waals surface area contributed by atoms with E-state index in [0.717, 1.165) is 53.9 Å². The number of hydrogen-bond acceptors (Lipinski definition) is 5. The highest BCUT2D eigenvalue weighted by atomic mass is 16.5. The fourth-order valence-electron chi connectivity index (χ4n) is 5.30. The van der Waals surface area contributed by atoms with E-state index in [1.165, 1.54) is 0 Å². The van der Waals surface area contributed by atoms with E-state index in [1.54, 1.807) is 12.4 Å². The summed E-state index contributed by atoms with van der Waals surface area (Å²) in [5, 5.41) is 3.00. The molecule has 3 aromatic rings. The lowest BCUT2D eigenvalue weighted by atomic mass is 9.93. The summed E-state index contributed by atoms with van der Waals surface area (Å²) in [6.07, 6.45) is 6.86. The van der Waals surface area contributed by atoms with Gasteiger partial charge in [-0.15, -0.1) is 0 Å². The number of amides is 2. The van der Waals surface area contributed by atoms with Crippen molar-refractivity contribution in [2.24, 2.45) is 5.92 Å². The highest BCUT2D eigenvalue weighted by Crippen LogP contribution is 2.29. The van der Waals surface area contributed by atoms with Gasteiger partial charge < -0.3 is 19.9 Å². The Kier molecular flexibility index (Phi) is 8.34. The second-order valence-corrected chi connectivity index (χ2v) is 10.4. The van der Waals surface area contributed by atoms with Crippen LogP contribution in [0.4, 0.5) is 0 Å². The molecule has 0 saturated carbocycles. The Morgan fingerprint density at radius 2 is 1.79 bits per heavy atom. The molecule has 2 bridgehead atoms. The molecule has 0 atom stereocenters. The van der Waals surface area contributed by atoms with Gasteiger partial charge in [-0.2, -0.15) is 0 Å². The highest BCUT2D eigenvalue weighted by molar-refractivity contribution is 5.94. The Labute approximate surface area is 224 Å². The van der Waals surface area contributed by atoms with Crippen LogP contribution in [0.3, 0.4) is 0 Å². The molecular formula is C31H36N4O3. The summed E-state index contributed by atoms with van der Waals surface area (Å²) in [6, 6.07) is 17.9. The normalized spacial score (nSPS) is 17.6. The number of carbonyl (C=O) groups excluding carboxylic acids is 2. The van der Waals surface area contributed by atoms with Crippen LogP contribution >= 0.6 is 0 Å². The van der Waals surface area contributed by atoms with Crippen LogP contribution in [0.1, 0.15) is 40.7 Å². The van der Waals surface area contributed by atoms with Crippen molar-refractivity contribution in [1.82, 2.24) is 20.1 Å². The van der Waals surface area contributed by atoms with Gasteiger partial charge in [0.05, 0.1) is 6.54 Å². The first-order chi connectivity index (χ1) is 18.5. The molecule has 7 nitrogen and oxygen atoms in total. The van der Waals surface area contributed by atoms with Gasteiger partial charge in [-0.25, -0.2) is 0 Å². The lowest BCUT2D eigenvalue weighted by Crippen LogP contribution is -2.42. The van der Waals surface area contributed by atoms with Crippen molar-refractivity contribution in [2.75, 3.05) is 46.4 Å². The number of hydrogen-bond donors (Lipinski definition) is 1. The minimum Gasteiger partial charge on any atom is -0.491 e. The van der Waals surface area contributed by atoms with Gasteiger partial charge in [0.15, 0.2) is 0 Å². The Morgan fingerprint density at radius 1 is 0.974 bits per heavy atom. The summed E-state index contributed by atoms with van der Waals surface area (Å²) < 4.78 is 6.30. The lowest BCUT2D eigenvalue weighted by molar-refractivity contribution is -0.132. The molecule has 7 heteroatoms. The van der Waals surface area contributed by atoms with E-state index in [9.17, 15) is 9.59 Å². The van der Waals surface area contributed by atoms with Crippen molar-refractivity contribution in [3.05, 3.63) is 83.7 Å². The average molecular weight is 513 g/mol. The van der Waals surface area contributed by atoms with E-state index < -0.39 is 0 Å². The summed E-state index contributed by atoms with van der Waals surface area (Å²) in [5.74, 6) is 1.24. The quantitative estimate of drug-likeness (QED) is 0.574. The maximum atomic E-state index is 13.3. The van der Waals surface area contributed by atoms with Crippen molar-refractivity contribution in [3.8, 4) is 16.9 Å². The summed E-state index contributed by atoms with van der Waals surface area (Å²) in [5.41, 5.74) is 4.87. The molecular weight excluding hydrogens is 476 g/mol. The van der Waals surface area contributed by atoms with Gasteiger partial charge in [-0.1, -0.05) is 18.2 Å². The average Bonchev–Trinajstić information content (AvgIpc) is 2.94. The zero-order chi connectivity index (χ0) is 26.3. The van der Waals surface area contributed by atoms with Crippen LogP contribution in [0.15, 0.2) is 67.0 Å². The molecule has 5 rings (SSSR count). The van der Waals surface area contributed by atoms with Crippen molar-refractivity contribution in [3.63, 3.8) is 0 Å². The van der Waals surface area contributed by atoms with E-state index in [2.05, 4.69) is 34.4 Å². The van der Waals surface area contributed by atoms with Gasteiger partial charge in [0.1, 0.15) is 12.4 Å². The van der Waals surface area contributed by atoms with Crippen molar-refractivity contribution in [2.45, 2.75) is 25.7 Å². The fraction of sp³-hybridized carbons (Fsp3) is 0.387. The number of carbonyl (C=O) groups is 2. The predicted molar refractivity (Wildman–Crippen MR) is 148 cm³/mol. The zero-order valence-corrected chi connectivity index (χ0v) is 22.1. The molecule has 0 unspecified atom stereocenters. The molecule has 2 aliphatic heterocycles. The SMILES string of the molecule is CN1CCC(CC(=O)N2CCNC(=O)c3cccc(c3)Cc3cc(-c4ccncc4)ccc3OCC2)CC1. The van der Waals surface area contributed by atoms with E-state index in [1.807, 2.05) is 47.4 Å². The number of piperidine rings is 1. The predicted octanol–water partition coefficient (Wildman–Crippen LogP) is 4.02. The molecule has 0 aliphatic carbocycles. The first-order valence-electron chi connectivity index (χ1n) is 13.5. The Balaban J connectivity index is 1.38. The van der Waals surface area contributed by atoms with Crippen LogP contribution < -0.4 is 10.1 Å². The molecule has 1 N–H and O–H groups in total. The van der Waals surface area contributed by atoms with Gasteiger partial charge in [0.2, 0.25) is 5.91 Å². The maximum absolute atomic E-state index is 13.3. The van der Waals surface area contributed by atoms with Gasteiger partial charge in [0.25, 0.3) is 5.91 Å². The second-order valence-electron chi connectivity index (χ2n) is 10.4. The Hall–Kier alpha value is -3.71. The number of ether oxygens (including phenoxy) is 1. The molecule has 2 aliphatic rings. The molecule has 38 heavy (non-hydrogen) atoms. The molecule has 2 aromatic carbocycles. The van der Waals surface area contributed by atoms with E-state index in [-0.39, 0.29) is 11.8 Å². The molecule has 198 valence electrons. The van der Waals surface area contributed by atoms with Crippen LogP contribution in [0.2, 0.25) is 0 Å². The second kappa shape index (κ2) is 12.2. The van der Waals surface area contributed by atoms with E-state index >= 15 is 0 Å². The van der Waals surface area contributed by atoms with Crippen LogP contribution in [0.5, 0.6) is 5.75 Å². The smallest absolute Gasteiger partial charge is 0.251 e. The Morgan fingerprint density at radius 3 is 2.61 bits per heavy atom. The van der Waals surface area contributed by atoms with E-state index in [4.69, 9.17) is 4.74 Å². The van der Waals surface area contributed by atoms with Crippen LogP contribution in [0.25, 0.3) is 11.1 Å². The molecule has 1 fully saturated rings. The van der Waals surface area contributed by atoms with Crippen LogP contribution in [-0.2, 0) is 11.2 Å².